The van der Waals surface area contributed by atoms with Gasteiger partial charge in [0.25, 0.3) is 0 Å². The topological polar surface area (TPSA) is 26.0 Å². The normalized spacial score (nSPS) is 18.2. The van der Waals surface area contributed by atoms with Gasteiger partial charge >= 0.3 is 0 Å². The zero-order valence-electron chi connectivity index (χ0n) is 7.84. The first kappa shape index (κ1) is 9.59. The third kappa shape index (κ3) is 2.10. The van der Waals surface area contributed by atoms with Crippen molar-refractivity contribution in [1.29, 1.82) is 0 Å². The summed E-state index contributed by atoms with van der Waals surface area (Å²) in [4.78, 5) is 0. The van der Waals surface area contributed by atoms with Crippen molar-refractivity contribution in [2.75, 3.05) is 0 Å². The van der Waals surface area contributed by atoms with Crippen molar-refractivity contribution in [1.82, 2.24) is 0 Å². The summed E-state index contributed by atoms with van der Waals surface area (Å²) in [6, 6.07) is 3.30. The molecule has 3 heteroatoms. The number of hydrogen-bond acceptors (Lipinski definition) is 1. The van der Waals surface area contributed by atoms with E-state index in [2.05, 4.69) is 0 Å². The van der Waals surface area contributed by atoms with Gasteiger partial charge in [-0.3, -0.25) is 0 Å². The zero-order chi connectivity index (χ0) is 10.1. The highest BCUT2D eigenvalue weighted by Gasteiger charge is 2.25. The summed E-state index contributed by atoms with van der Waals surface area (Å²) in [5, 5.41) is 0. The molecule has 0 saturated heterocycles. The summed E-state index contributed by atoms with van der Waals surface area (Å²) >= 11 is 0. The largest absolute Gasteiger partial charge is 0.324 e. The molecule has 1 nitrogen and oxygen atoms in total. The first-order valence-electron chi connectivity index (χ1n) is 4.87. The van der Waals surface area contributed by atoms with Gasteiger partial charge in [-0.2, -0.15) is 0 Å². The maximum absolute atomic E-state index is 13.3. The summed E-state index contributed by atoms with van der Waals surface area (Å²) < 4.78 is 25.9. The van der Waals surface area contributed by atoms with Crippen LogP contribution in [0.2, 0.25) is 0 Å². The number of nitrogens with two attached hydrogens (primary N) is 1. The third-order valence-corrected chi connectivity index (χ3v) is 2.65. The van der Waals surface area contributed by atoms with Crippen LogP contribution < -0.4 is 5.73 Å². The van der Waals surface area contributed by atoms with Gasteiger partial charge in [-0.25, -0.2) is 8.78 Å². The standard InChI is InChI=1S/C11H13F2N/c12-8-3-4-9(10(13)6-8)11(14)5-7-1-2-7/h3-4,6-7,11H,1-2,5,14H2. The Bertz CT molecular complexity index is 334. The molecule has 1 aliphatic rings. The third-order valence-electron chi connectivity index (χ3n) is 2.65. The molecule has 0 radical (unpaired) electrons. The van der Waals surface area contributed by atoms with E-state index in [9.17, 15) is 8.78 Å². The highest BCUT2D eigenvalue weighted by molar-refractivity contribution is 5.22. The van der Waals surface area contributed by atoms with Crippen molar-refractivity contribution in [2.24, 2.45) is 11.7 Å². The predicted octanol–water partition coefficient (Wildman–Crippen LogP) is 2.76. The average molecular weight is 197 g/mol. The molecule has 0 aromatic heterocycles. The van der Waals surface area contributed by atoms with E-state index < -0.39 is 11.6 Å². The van der Waals surface area contributed by atoms with Crippen LogP contribution in [0.25, 0.3) is 0 Å². The minimum absolute atomic E-state index is 0.289. The van der Waals surface area contributed by atoms with Gasteiger partial charge in [0.1, 0.15) is 11.6 Å². The molecule has 14 heavy (non-hydrogen) atoms. The summed E-state index contributed by atoms with van der Waals surface area (Å²) in [5.41, 5.74) is 6.25. The Kier molecular flexibility index (Phi) is 2.50. The Hall–Kier alpha value is -0.960. The molecule has 0 bridgehead atoms. The van der Waals surface area contributed by atoms with Gasteiger partial charge in [0.2, 0.25) is 0 Å². The fourth-order valence-corrected chi connectivity index (χ4v) is 1.64. The molecule has 1 aromatic rings. The second-order valence-electron chi connectivity index (χ2n) is 3.95. The van der Waals surface area contributed by atoms with Crippen molar-refractivity contribution < 1.29 is 8.78 Å². The highest BCUT2D eigenvalue weighted by atomic mass is 19.1. The van der Waals surface area contributed by atoms with Crippen molar-refractivity contribution in [3.8, 4) is 0 Å². The van der Waals surface area contributed by atoms with Crippen LogP contribution in [0.1, 0.15) is 30.9 Å². The fourth-order valence-electron chi connectivity index (χ4n) is 1.64. The number of halogens is 2. The molecular formula is C11H13F2N. The number of rotatable bonds is 3. The van der Waals surface area contributed by atoms with E-state index in [1.165, 1.54) is 25.0 Å². The minimum Gasteiger partial charge on any atom is -0.324 e. The second kappa shape index (κ2) is 3.65. The number of benzene rings is 1. The summed E-state index contributed by atoms with van der Waals surface area (Å²) in [7, 11) is 0. The van der Waals surface area contributed by atoms with Crippen LogP contribution in [0, 0.1) is 17.6 Å². The summed E-state index contributed by atoms with van der Waals surface area (Å²) in [6.07, 6.45) is 3.19. The Morgan fingerprint density at radius 3 is 2.64 bits per heavy atom. The molecule has 0 heterocycles. The van der Waals surface area contributed by atoms with Gasteiger partial charge in [0.05, 0.1) is 0 Å². The lowest BCUT2D eigenvalue weighted by Crippen LogP contribution is -2.12. The Morgan fingerprint density at radius 1 is 1.36 bits per heavy atom. The van der Waals surface area contributed by atoms with Crippen LogP contribution in [0.5, 0.6) is 0 Å². The lowest BCUT2D eigenvalue weighted by molar-refractivity contribution is 0.529. The van der Waals surface area contributed by atoms with E-state index in [1.807, 2.05) is 0 Å². The minimum atomic E-state index is -0.551. The zero-order valence-corrected chi connectivity index (χ0v) is 7.84. The van der Waals surface area contributed by atoms with Crippen LogP contribution in [-0.4, -0.2) is 0 Å². The molecule has 1 atom stereocenters. The Labute approximate surface area is 81.9 Å². The molecule has 1 aromatic carbocycles. The monoisotopic (exact) mass is 197 g/mol. The molecule has 2 rings (SSSR count). The molecule has 1 unspecified atom stereocenters. The lowest BCUT2D eigenvalue weighted by Gasteiger charge is -2.11. The first-order chi connectivity index (χ1) is 6.66. The van der Waals surface area contributed by atoms with Crippen molar-refractivity contribution in [2.45, 2.75) is 25.3 Å². The van der Waals surface area contributed by atoms with Gasteiger partial charge < -0.3 is 5.73 Å². The van der Waals surface area contributed by atoms with E-state index in [4.69, 9.17) is 5.73 Å². The molecule has 76 valence electrons. The lowest BCUT2D eigenvalue weighted by atomic mass is 10.0. The molecule has 2 N–H and O–H groups in total. The van der Waals surface area contributed by atoms with Crippen LogP contribution in [0.4, 0.5) is 8.78 Å². The predicted molar refractivity (Wildman–Crippen MR) is 50.6 cm³/mol. The van der Waals surface area contributed by atoms with E-state index in [-0.39, 0.29) is 6.04 Å². The quantitative estimate of drug-likeness (QED) is 0.792. The van der Waals surface area contributed by atoms with Crippen molar-refractivity contribution in [3.05, 3.63) is 35.4 Å². The molecule has 1 saturated carbocycles. The van der Waals surface area contributed by atoms with E-state index in [0.29, 0.717) is 11.5 Å². The second-order valence-corrected chi connectivity index (χ2v) is 3.95. The maximum Gasteiger partial charge on any atom is 0.130 e. The smallest absolute Gasteiger partial charge is 0.130 e. The van der Waals surface area contributed by atoms with Crippen molar-refractivity contribution >= 4 is 0 Å². The average Bonchev–Trinajstić information content (AvgIpc) is 2.87. The van der Waals surface area contributed by atoms with E-state index in [0.717, 1.165) is 12.5 Å². The summed E-state index contributed by atoms with van der Waals surface area (Å²) in [6.45, 7) is 0. The summed E-state index contributed by atoms with van der Waals surface area (Å²) in [5.74, 6) is -0.433. The van der Waals surface area contributed by atoms with Crippen LogP contribution in [0.3, 0.4) is 0 Å². The molecule has 1 fully saturated rings. The van der Waals surface area contributed by atoms with Crippen LogP contribution >= 0.6 is 0 Å². The van der Waals surface area contributed by atoms with Crippen LogP contribution in [-0.2, 0) is 0 Å². The van der Waals surface area contributed by atoms with Gasteiger partial charge in [-0.05, 0) is 18.4 Å². The first-order valence-corrected chi connectivity index (χ1v) is 4.87. The van der Waals surface area contributed by atoms with Crippen molar-refractivity contribution in [3.63, 3.8) is 0 Å². The molecule has 0 spiro atoms. The fraction of sp³-hybridized carbons (Fsp3) is 0.455. The Morgan fingerprint density at radius 2 is 2.07 bits per heavy atom. The van der Waals surface area contributed by atoms with E-state index >= 15 is 0 Å². The molecule has 0 aliphatic heterocycles. The van der Waals surface area contributed by atoms with E-state index in [1.54, 1.807) is 0 Å². The van der Waals surface area contributed by atoms with Gasteiger partial charge in [0, 0.05) is 17.7 Å². The molecule has 1 aliphatic carbocycles. The Balaban J connectivity index is 2.13. The highest BCUT2D eigenvalue weighted by Crippen LogP contribution is 2.37. The maximum atomic E-state index is 13.3. The molecule has 0 amide bonds. The van der Waals surface area contributed by atoms with Gasteiger partial charge in [-0.1, -0.05) is 18.9 Å². The van der Waals surface area contributed by atoms with Gasteiger partial charge in [0.15, 0.2) is 0 Å². The SMILES string of the molecule is NC(CC1CC1)c1ccc(F)cc1F. The molecular weight excluding hydrogens is 184 g/mol. The van der Waals surface area contributed by atoms with Crippen LogP contribution in [0.15, 0.2) is 18.2 Å². The number of hydrogen-bond donors (Lipinski definition) is 1. The van der Waals surface area contributed by atoms with Gasteiger partial charge in [-0.15, -0.1) is 0 Å².